The summed E-state index contributed by atoms with van der Waals surface area (Å²) < 4.78 is 0. The van der Waals surface area contributed by atoms with Crippen LogP contribution in [0.1, 0.15) is 25.3 Å². The molecule has 2 rings (SSSR count). The molecule has 1 unspecified atom stereocenters. The quantitative estimate of drug-likeness (QED) is 0.889. The average Bonchev–Trinajstić information content (AvgIpc) is 2.29. The smallest absolute Gasteiger partial charge is 0.0642 e. The highest BCUT2D eigenvalue weighted by atomic mass is 35.5. The number of hydrogen-bond donors (Lipinski definition) is 1. The highest BCUT2D eigenvalue weighted by Gasteiger charge is 2.20. The normalized spacial score (nSPS) is 20.6. The van der Waals surface area contributed by atoms with Crippen molar-refractivity contribution in [2.24, 2.45) is 0 Å². The Kier molecular flexibility index (Phi) is 4.30. The molecule has 0 saturated carbocycles. The molecule has 1 N–H and O–H groups in total. The van der Waals surface area contributed by atoms with E-state index in [0.717, 1.165) is 24.7 Å². The predicted molar refractivity (Wildman–Crippen MR) is 75.1 cm³/mol. The summed E-state index contributed by atoms with van der Waals surface area (Å²) in [6.07, 6.45) is 2.47. The van der Waals surface area contributed by atoms with Crippen LogP contribution in [0.15, 0.2) is 18.2 Å². The third-order valence-electron chi connectivity index (χ3n) is 3.34. The van der Waals surface area contributed by atoms with Crippen molar-refractivity contribution >= 4 is 17.3 Å². The van der Waals surface area contributed by atoms with Gasteiger partial charge in [-0.05, 0) is 31.0 Å². The van der Waals surface area contributed by atoms with Crippen LogP contribution >= 0.6 is 11.6 Å². The maximum absolute atomic E-state index is 6.33. The van der Waals surface area contributed by atoms with Crippen molar-refractivity contribution in [2.45, 2.75) is 32.7 Å². The highest BCUT2D eigenvalue weighted by Crippen LogP contribution is 2.27. The Morgan fingerprint density at radius 1 is 1.47 bits per heavy atom. The summed E-state index contributed by atoms with van der Waals surface area (Å²) in [5, 5.41) is 4.44. The summed E-state index contributed by atoms with van der Waals surface area (Å²) in [6.45, 7) is 7.47. The Labute approximate surface area is 109 Å². The molecule has 0 aliphatic carbocycles. The molecule has 1 atom stereocenters. The minimum atomic E-state index is 0.603. The summed E-state index contributed by atoms with van der Waals surface area (Å²) in [6, 6.07) is 6.93. The molecule has 94 valence electrons. The van der Waals surface area contributed by atoms with Crippen molar-refractivity contribution in [2.75, 3.05) is 24.5 Å². The molecule has 1 aliphatic heterocycles. The number of rotatable bonds is 3. The lowest BCUT2D eigenvalue weighted by molar-refractivity contribution is 0.431. The van der Waals surface area contributed by atoms with Crippen molar-refractivity contribution in [1.82, 2.24) is 5.32 Å². The first kappa shape index (κ1) is 12.7. The molecule has 1 heterocycles. The van der Waals surface area contributed by atoms with Gasteiger partial charge in [-0.2, -0.15) is 0 Å². The van der Waals surface area contributed by atoms with Crippen LogP contribution in [0.2, 0.25) is 5.02 Å². The van der Waals surface area contributed by atoms with Crippen LogP contribution in [-0.4, -0.2) is 25.7 Å². The minimum Gasteiger partial charge on any atom is -0.367 e. The van der Waals surface area contributed by atoms with Crippen molar-refractivity contribution in [3.8, 4) is 0 Å². The van der Waals surface area contributed by atoms with Crippen molar-refractivity contribution in [3.63, 3.8) is 0 Å². The van der Waals surface area contributed by atoms with E-state index in [1.54, 1.807) is 0 Å². The SMILES string of the molecule is CCCC1CN(c2ccc(C)cc2Cl)CCN1. The molecular weight excluding hydrogens is 232 g/mol. The number of nitrogens with one attached hydrogen (secondary N) is 1. The zero-order valence-electron chi connectivity index (χ0n) is 10.7. The molecule has 1 fully saturated rings. The van der Waals surface area contributed by atoms with Crippen molar-refractivity contribution in [1.29, 1.82) is 0 Å². The molecule has 1 aromatic carbocycles. The molecule has 3 heteroatoms. The van der Waals surface area contributed by atoms with E-state index in [0.29, 0.717) is 6.04 Å². The standard InChI is InChI=1S/C14H21ClN2/c1-3-4-12-10-17(8-7-16-12)14-6-5-11(2)9-13(14)15/h5-6,9,12,16H,3-4,7-8,10H2,1-2H3. The van der Waals surface area contributed by atoms with Gasteiger partial charge in [0.25, 0.3) is 0 Å². The van der Waals surface area contributed by atoms with Gasteiger partial charge in [0, 0.05) is 25.7 Å². The fraction of sp³-hybridized carbons (Fsp3) is 0.571. The van der Waals surface area contributed by atoms with Crippen LogP contribution < -0.4 is 10.2 Å². The molecule has 0 aromatic heterocycles. The summed E-state index contributed by atoms with van der Waals surface area (Å²) >= 11 is 6.33. The lowest BCUT2D eigenvalue weighted by Crippen LogP contribution is -2.50. The molecule has 0 bridgehead atoms. The van der Waals surface area contributed by atoms with Crippen molar-refractivity contribution in [3.05, 3.63) is 28.8 Å². The van der Waals surface area contributed by atoms with E-state index in [4.69, 9.17) is 11.6 Å². The van der Waals surface area contributed by atoms with E-state index in [1.807, 2.05) is 6.07 Å². The van der Waals surface area contributed by atoms with Gasteiger partial charge in [-0.15, -0.1) is 0 Å². The van der Waals surface area contributed by atoms with Crippen LogP contribution in [0.5, 0.6) is 0 Å². The summed E-state index contributed by atoms with van der Waals surface area (Å²) in [5.41, 5.74) is 2.40. The largest absolute Gasteiger partial charge is 0.367 e. The van der Waals surface area contributed by atoms with Gasteiger partial charge >= 0.3 is 0 Å². The number of halogens is 1. The fourth-order valence-corrected chi connectivity index (χ4v) is 2.81. The first-order chi connectivity index (χ1) is 8.20. The van der Waals surface area contributed by atoms with E-state index in [-0.39, 0.29) is 0 Å². The Morgan fingerprint density at radius 3 is 3.00 bits per heavy atom. The number of anilines is 1. The predicted octanol–water partition coefficient (Wildman–Crippen LogP) is 3.23. The zero-order chi connectivity index (χ0) is 12.3. The van der Waals surface area contributed by atoms with Gasteiger partial charge in [0.15, 0.2) is 0 Å². The summed E-state index contributed by atoms with van der Waals surface area (Å²) in [7, 11) is 0. The number of piperazine rings is 1. The first-order valence-electron chi connectivity index (χ1n) is 6.45. The summed E-state index contributed by atoms with van der Waals surface area (Å²) in [5.74, 6) is 0. The van der Waals surface area contributed by atoms with E-state index >= 15 is 0 Å². The molecule has 0 amide bonds. The topological polar surface area (TPSA) is 15.3 Å². The first-order valence-corrected chi connectivity index (χ1v) is 6.83. The number of aryl methyl sites for hydroxylation is 1. The van der Waals surface area contributed by atoms with Crippen LogP contribution in [0.4, 0.5) is 5.69 Å². The number of nitrogens with zero attached hydrogens (tertiary/aromatic N) is 1. The molecule has 0 spiro atoms. The molecule has 1 aromatic rings. The lowest BCUT2D eigenvalue weighted by atomic mass is 10.1. The monoisotopic (exact) mass is 252 g/mol. The second-order valence-corrected chi connectivity index (χ2v) is 5.25. The van der Waals surface area contributed by atoms with Crippen molar-refractivity contribution < 1.29 is 0 Å². The minimum absolute atomic E-state index is 0.603. The zero-order valence-corrected chi connectivity index (χ0v) is 11.4. The Hall–Kier alpha value is -0.730. The van der Waals surface area contributed by atoms with Gasteiger partial charge in [-0.3, -0.25) is 0 Å². The maximum atomic E-state index is 6.33. The van der Waals surface area contributed by atoms with Gasteiger partial charge in [0.2, 0.25) is 0 Å². The fourth-order valence-electron chi connectivity index (χ4n) is 2.45. The van der Waals surface area contributed by atoms with E-state index in [1.165, 1.54) is 24.1 Å². The van der Waals surface area contributed by atoms with Gasteiger partial charge in [0.1, 0.15) is 0 Å². The van der Waals surface area contributed by atoms with E-state index in [9.17, 15) is 0 Å². The van der Waals surface area contributed by atoms with Crippen LogP contribution in [0.25, 0.3) is 0 Å². The molecule has 1 aliphatic rings. The van der Waals surface area contributed by atoms with Crippen LogP contribution in [0.3, 0.4) is 0 Å². The van der Waals surface area contributed by atoms with Crippen LogP contribution in [-0.2, 0) is 0 Å². The average molecular weight is 253 g/mol. The van der Waals surface area contributed by atoms with Gasteiger partial charge in [-0.25, -0.2) is 0 Å². The third-order valence-corrected chi connectivity index (χ3v) is 3.64. The maximum Gasteiger partial charge on any atom is 0.0642 e. The summed E-state index contributed by atoms with van der Waals surface area (Å²) in [4.78, 5) is 2.40. The highest BCUT2D eigenvalue weighted by molar-refractivity contribution is 6.33. The third kappa shape index (κ3) is 3.14. The molecule has 2 nitrogen and oxygen atoms in total. The Bertz CT molecular complexity index is 376. The van der Waals surface area contributed by atoms with Crippen LogP contribution in [0, 0.1) is 6.92 Å². The lowest BCUT2D eigenvalue weighted by Gasteiger charge is -2.35. The number of hydrogen-bond acceptors (Lipinski definition) is 2. The second kappa shape index (κ2) is 5.74. The molecule has 0 radical (unpaired) electrons. The van der Waals surface area contributed by atoms with Gasteiger partial charge in [-0.1, -0.05) is 31.0 Å². The molecule has 1 saturated heterocycles. The van der Waals surface area contributed by atoms with Gasteiger partial charge in [0.05, 0.1) is 10.7 Å². The molecular formula is C14H21ClN2. The van der Waals surface area contributed by atoms with Gasteiger partial charge < -0.3 is 10.2 Å². The Balaban J connectivity index is 2.10. The Morgan fingerprint density at radius 2 is 2.29 bits per heavy atom. The number of benzene rings is 1. The van der Waals surface area contributed by atoms with E-state index < -0.39 is 0 Å². The second-order valence-electron chi connectivity index (χ2n) is 4.84. The van der Waals surface area contributed by atoms with E-state index in [2.05, 4.69) is 36.2 Å². The molecule has 17 heavy (non-hydrogen) atoms.